The number of hydrogen-bond donors (Lipinski definition) is 2. The van der Waals surface area contributed by atoms with Crippen LogP contribution in [0.15, 0.2) is 84.0 Å². The Morgan fingerprint density at radius 1 is 0.941 bits per heavy atom. The van der Waals surface area contributed by atoms with Crippen LogP contribution in [0.2, 0.25) is 5.02 Å². The molecule has 176 valence electrons. The minimum Gasteiger partial charge on any atom is -0.484 e. The molecule has 0 saturated heterocycles. The highest BCUT2D eigenvalue weighted by atomic mass is 35.5. The van der Waals surface area contributed by atoms with Crippen LogP contribution in [0.25, 0.3) is 0 Å². The van der Waals surface area contributed by atoms with E-state index in [1.807, 2.05) is 54.6 Å². The van der Waals surface area contributed by atoms with Gasteiger partial charge in [-0.2, -0.15) is 5.10 Å². The molecule has 0 aliphatic carbocycles. The number of hydrogen-bond acceptors (Lipinski definition) is 5. The van der Waals surface area contributed by atoms with Gasteiger partial charge in [-0.1, -0.05) is 60.1 Å². The zero-order valence-electron chi connectivity index (χ0n) is 18.6. The van der Waals surface area contributed by atoms with Crippen LogP contribution < -0.4 is 15.5 Å². The van der Waals surface area contributed by atoms with Crippen LogP contribution in [-0.2, 0) is 21.8 Å². The smallest absolute Gasteiger partial charge is 0.257 e. The van der Waals surface area contributed by atoms with Crippen LogP contribution in [0, 0.1) is 0 Å². The zero-order chi connectivity index (χ0) is 24.0. The van der Waals surface area contributed by atoms with E-state index >= 15 is 0 Å². The fourth-order valence-corrected chi connectivity index (χ4v) is 4.03. The Labute approximate surface area is 208 Å². The highest BCUT2D eigenvalue weighted by Gasteiger charge is 2.04. The van der Waals surface area contributed by atoms with Crippen molar-refractivity contribution in [2.24, 2.45) is 5.10 Å². The van der Waals surface area contributed by atoms with Gasteiger partial charge in [-0.05, 0) is 53.4 Å². The number of amides is 2. The van der Waals surface area contributed by atoms with Gasteiger partial charge < -0.3 is 10.1 Å². The predicted octanol–water partition coefficient (Wildman–Crippen LogP) is 4.46. The third-order valence-corrected chi connectivity index (χ3v) is 6.03. The number of benzene rings is 3. The summed E-state index contributed by atoms with van der Waals surface area (Å²) >= 11 is 7.58. The van der Waals surface area contributed by atoms with Crippen molar-refractivity contribution in [1.82, 2.24) is 10.7 Å². The minimum atomic E-state index is -0.188. The second kappa shape index (κ2) is 14.1. The number of ether oxygens (including phenoxy) is 1. The molecular formula is C26H26ClN3O3S. The molecule has 0 aliphatic heterocycles. The molecule has 3 aromatic rings. The first-order chi connectivity index (χ1) is 16.6. The molecule has 2 N–H and O–H groups in total. The topological polar surface area (TPSA) is 79.8 Å². The molecule has 0 aromatic heterocycles. The lowest BCUT2D eigenvalue weighted by molar-refractivity contribution is -0.123. The monoisotopic (exact) mass is 495 g/mol. The number of rotatable bonds is 12. The van der Waals surface area contributed by atoms with Gasteiger partial charge in [0, 0.05) is 17.3 Å². The van der Waals surface area contributed by atoms with Gasteiger partial charge in [0.25, 0.3) is 5.91 Å². The first kappa shape index (κ1) is 25.3. The molecule has 34 heavy (non-hydrogen) atoms. The maximum atomic E-state index is 11.9. The van der Waals surface area contributed by atoms with Crippen molar-refractivity contribution in [3.05, 3.63) is 101 Å². The quantitative estimate of drug-likeness (QED) is 0.287. The molecule has 0 saturated carbocycles. The second-order valence-electron chi connectivity index (χ2n) is 7.32. The summed E-state index contributed by atoms with van der Waals surface area (Å²) in [6, 6.07) is 24.6. The van der Waals surface area contributed by atoms with Crippen LogP contribution in [-0.4, -0.2) is 36.9 Å². The van der Waals surface area contributed by atoms with Crippen LogP contribution in [0.1, 0.15) is 16.7 Å². The third kappa shape index (κ3) is 9.29. The number of nitrogens with one attached hydrogen (secondary N) is 2. The lowest BCUT2D eigenvalue weighted by atomic mass is 10.1. The molecule has 0 heterocycles. The van der Waals surface area contributed by atoms with Crippen LogP contribution in [0.4, 0.5) is 0 Å². The molecule has 0 unspecified atom stereocenters. The van der Waals surface area contributed by atoms with E-state index in [4.69, 9.17) is 16.3 Å². The molecule has 2 amide bonds. The average molecular weight is 496 g/mol. The number of carbonyl (C=O) groups is 2. The Bertz CT molecular complexity index is 1090. The Morgan fingerprint density at radius 2 is 1.68 bits per heavy atom. The lowest BCUT2D eigenvalue weighted by Gasteiger charge is -2.08. The van der Waals surface area contributed by atoms with Gasteiger partial charge in [-0.15, -0.1) is 11.8 Å². The second-order valence-corrected chi connectivity index (χ2v) is 8.71. The van der Waals surface area contributed by atoms with Gasteiger partial charge in [0.15, 0.2) is 6.61 Å². The summed E-state index contributed by atoms with van der Waals surface area (Å²) in [5.74, 6) is 1.16. The molecular weight excluding hydrogens is 470 g/mol. The fraction of sp³-hybridized carbons (Fsp3) is 0.192. The minimum absolute atomic E-state index is 0.0514. The Hall–Kier alpha value is -3.29. The van der Waals surface area contributed by atoms with Crippen molar-refractivity contribution < 1.29 is 14.3 Å². The molecule has 0 fully saturated rings. The van der Waals surface area contributed by atoms with Crippen molar-refractivity contribution in [3.8, 4) is 5.75 Å². The first-order valence-corrected chi connectivity index (χ1v) is 12.3. The summed E-state index contributed by atoms with van der Waals surface area (Å²) < 4.78 is 5.52. The molecule has 0 radical (unpaired) electrons. The number of thioether (sulfide) groups is 1. The zero-order valence-corrected chi connectivity index (χ0v) is 20.1. The molecule has 0 atom stereocenters. The van der Waals surface area contributed by atoms with E-state index in [0.29, 0.717) is 23.1 Å². The number of nitrogens with zero attached hydrogens (tertiary/aromatic N) is 1. The van der Waals surface area contributed by atoms with Gasteiger partial charge in [-0.3, -0.25) is 9.59 Å². The summed E-state index contributed by atoms with van der Waals surface area (Å²) in [6.07, 6.45) is 2.33. The van der Waals surface area contributed by atoms with Gasteiger partial charge in [0.05, 0.1) is 12.0 Å². The fourth-order valence-electron chi connectivity index (χ4n) is 2.92. The third-order valence-electron chi connectivity index (χ3n) is 4.68. The van der Waals surface area contributed by atoms with E-state index in [2.05, 4.69) is 15.8 Å². The molecule has 6 nitrogen and oxygen atoms in total. The van der Waals surface area contributed by atoms with E-state index < -0.39 is 0 Å². The van der Waals surface area contributed by atoms with Crippen molar-refractivity contribution in [2.75, 3.05) is 18.9 Å². The molecule has 0 spiro atoms. The Morgan fingerprint density at radius 3 is 2.44 bits per heavy atom. The molecule has 3 aromatic carbocycles. The molecule has 8 heteroatoms. The van der Waals surface area contributed by atoms with Crippen LogP contribution >= 0.6 is 23.4 Å². The first-order valence-electron chi connectivity index (χ1n) is 10.8. The van der Waals surface area contributed by atoms with Crippen LogP contribution in [0.5, 0.6) is 5.75 Å². The lowest BCUT2D eigenvalue weighted by Crippen LogP contribution is -2.30. The van der Waals surface area contributed by atoms with E-state index in [1.54, 1.807) is 30.5 Å². The summed E-state index contributed by atoms with van der Waals surface area (Å²) in [6.45, 7) is 0.510. The van der Waals surface area contributed by atoms with E-state index in [9.17, 15) is 9.59 Å². The summed E-state index contributed by atoms with van der Waals surface area (Å²) in [4.78, 5) is 23.9. The standard InChI is InChI=1S/C26H26ClN3O3S/c27-24-9-5-4-8-22(24)18-34-19-26(32)30-29-16-21-10-12-23(13-11-21)33-17-25(31)28-15-14-20-6-2-1-3-7-20/h1-13,16H,14-15,17-19H2,(H,28,31)(H,30,32)/b29-16-. The SMILES string of the molecule is O=C(COc1ccc(/C=N\NC(=O)CSCc2ccccc2Cl)cc1)NCCc1ccccc1. The van der Waals surface area contributed by atoms with Crippen LogP contribution in [0.3, 0.4) is 0 Å². The van der Waals surface area contributed by atoms with Crippen molar-refractivity contribution in [2.45, 2.75) is 12.2 Å². The largest absolute Gasteiger partial charge is 0.484 e. The molecule has 0 aliphatic rings. The molecule has 0 bridgehead atoms. The number of halogens is 1. The summed E-state index contributed by atoms with van der Waals surface area (Å²) in [5.41, 5.74) is 5.48. The van der Waals surface area contributed by atoms with Gasteiger partial charge in [0.2, 0.25) is 5.91 Å². The maximum absolute atomic E-state index is 11.9. The summed E-state index contributed by atoms with van der Waals surface area (Å²) in [5, 5.41) is 7.52. The predicted molar refractivity (Wildman–Crippen MR) is 138 cm³/mol. The number of hydrazone groups is 1. The average Bonchev–Trinajstić information content (AvgIpc) is 2.85. The number of carbonyl (C=O) groups excluding carboxylic acids is 2. The van der Waals surface area contributed by atoms with E-state index in [1.165, 1.54) is 17.3 Å². The van der Waals surface area contributed by atoms with E-state index in [0.717, 1.165) is 17.5 Å². The van der Waals surface area contributed by atoms with Crippen molar-refractivity contribution in [1.29, 1.82) is 0 Å². The van der Waals surface area contributed by atoms with Gasteiger partial charge in [0.1, 0.15) is 5.75 Å². The highest BCUT2D eigenvalue weighted by Crippen LogP contribution is 2.20. The van der Waals surface area contributed by atoms with E-state index in [-0.39, 0.29) is 24.2 Å². The van der Waals surface area contributed by atoms with Gasteiger partial charge in [-0.25, -0.2) is 5.43 Å². The Kier molecular flexibility index (Phi) is 10.5. The van der Waals surface area contributed by atoms with Crippen molar-refractivity contribution >= 4 is 41.4 Å². The van der Waals surface area contributed by atoms with Crippen molar-refractivity contribution in [3.63, 3.8) is 0 Å². The normalized spacial score (nSPS) is 10.7. The highest BCUT2D eigenvalue weighted by molar-refractivity contribution is 7.99. The Balaban J connectivity index is 1.31. The molecule has 3 rings (SSSR count). The van der Waals surface area contributed by atoms with Gasteiger partial charge >= 0.3 is 0 Å². The summed E-state index contributed by atoms with van der Waals surface area (Å²) in [7, 11) is 0. The maximum Gasteiger partial charge on any atom is 0.257 e.